The second-order valence-electron chi connectivity index (χ2n) is 6.22. The molecule has 0 bridgehead atoms. The second kappa shape index (κ2) is 7.09. The van der Waals surface area contributed by atoms with Crippen LogP contribution in [-0.2, 0) is 31.3 Å². The summed E-state index contributed by atoms with van der Waals surface area (Å²) in [5.41, 5.74) is 0.342. The van der Waals surface area contributed by atoms with Crippen LogP contribution in [0.5, 0.6) is 0 Å². The van der Waals surface area contributed by atoms with Crippen molar-refractivity contribution in [1.29, 1.82) is 0 Å². The van der Waals surface area contributed by atoms with Gasteiger partial charge >= 0.3 is 5.97 Å². The highest BCUT2D eigenvalue weighted by Gasteiger charge is 2.33. The summed E-state index contributed by atoms with van der Waals surface area (Å²) in [7, 11) is -2.35. The third kappa shape index (κ3) is 4.86. The summed E-state index contributed by atoms with van der Waals surface area (Å²) in [5.74, 6) is -0.169. The van der Waals surface area contributed by atoms with Crippen LogP contribution in [0.15, 0.2) is 47.1 Å². The molecule has 0 amide bonds. The molecular weight excluding hydrogens is 326 g/mol. The van der Waals surface area contributed by atoms with Gasteiger partial charge in [0.1, 0.15) is 12.0 Å². The van der Waals surface area contributed by atoms with Crippen LogP contribution >= 0.6 is 0 Å². The Bertz CT molecular complexity index is 833. The van der Waals surface area contributed by atoms with E-state index in [0.29, 0.717) is 5.69 Å². The van der Waals surface area contributed by atoms with Crippen molar-refractivity contribution in [3.05, 3.63) is 54.0 Å². The van der Waals surface area contributed by atoms with Crippen LogP contribution in [0.3, 0.4) is 0 Å². The molecular formula is C17H21N3O3S. The van der Waals surface area contributed by atoms with E-state index in [9.17, 15) is 9.00 Å². The largest absolute Gasteiger partial charge is 0.460 e. The fourth-order valence-corrected chi connectivity index (χ4v) is 2.47. The molecule has 0 spiro atoms. The van der Waals surface area contributed by atoms with Crippen molar-refractivity contribution in [2.24, 2.45) is 4.36 Å². The van der Waals surface area contributed by atoms with Gasteiger partial charge in [0.25, 0.3) is 0 Å². The van der Waals surface area contributed by atoms with Crippen molar-refractivity contribution in [2.45, 2.75) is 25.9 Å². The molecule has 6 nitrogen and oxygen atoms in total. The van der Waals surface area contributed by atoms with E-state index in [1.165, 1.54) is 24.9 Å². The van der Waals surface area contributed by atoms with Crippen molar-refractivity contribution < 1.29 is 13.7 Å². The zero-order chi connectivity index (χ0) is 17.8. The molecule has 2 rings (SSSR count). The lowest BCUT2D eigenvalue weighted by molar-refractivity contribution is -0.150. The first kappa shape index (κ1) is 18.1. The van der Waals surface area contributed by atoms with Crippen molar-refractivity contribution in [3.63, 3.8) is 0 Å². The first-order valence-electron chi connectivity index (χ1n) is 7.39. The van der Waals surface area contributed by atoms with Gasteiger partial charge in [-0.05, 0) is 19.4 Å². The highest BCUT2D eigenvalue weighted by molar-refractivity contribution is 7.92. The van der Waals surface area contributed by atoms with Crippen LogP contribution in [0.4, 0.5) is 5.82 Å². The minimum absolute atomic E-state index is 0.193. The Hall–Kier alpha value is -2.28. The van der Waals surface area contributed by atoms with Crippen LogP contribution < -0.4 is 0 Å². The summed E-state index contributed by atoms with van der Waals surface area (Å²) >= 11 is 0. The molecule has 0 aliphatic heterocycles. The monoisotopic (exact) mass is 347 g/mol. The second-order valence-corrected chi connectivity index (χ2v) is 8.77. The Kier molecular flexibility index (Phi) is 5.33. The Morgan fingerprint density at radius 3 is 2.50 bits per heavy atom. The Balaban J connectivity index is 2.18. The van der Waals surface area contributed by atoms with E-state index in [1.54, 1.807) is 13.8 Å². The summed E-state index contributed by atoms with van der Waals surface area (Å²) in [6.45, 7) is 3.62. The summed E-state index contributed by atoms with van der Waals surface area (Å²) in [6.07, 6.45) is 5.94. The Labute approximate surface area is 142 Å². The zero-order valence-corrected chi connectivity index (χ0v) is 15.0. The van der Waals surface area contributed by atoms with Crippen LogP contribution in [-0.4, -0.2) is 32.7 Å². The van der Waals surface area contributed by atoms with Gasteiger partial charge in [-0.3, -0.25) is 9.78 Å². The number of esters is 1. The lowest BCUT2D eigenvalue weighted by Crippen LogP contribution is -2.32. The molecule has 128 valence electrons. The van der Waals surface area contributed by atoms with Gasteiger partial charge in [0.2, 0.25) is 0 Å². The molecule has 1 heterocycles. The number of aromatic nitrogens is 2. The quantitative estimate of drug-likeness (QED) is 0.777. The molecule has 0 fully saturated rings. The number of hydrogen-bond acceptors (Lipinski definition) is 6. The van der Waals surface area contributed by atoms with Gasteiger partial charge < -0.3 is 4.74 Å². The van der Waals surface area contributed by atoms with Crippen LogP contribution in [0.25, 0.3) is 0 Å². The van der Waals surface area contributed by atoms with Gasteiger partial charge in [-0.2, -0.15) is 4.36 Å². The first-order chi connectivity index (χ1) is 11.2. The molecule has 0 N–H and O–H groups in total. The number of carbonyl (C=O) groups is 1. The van der Waals surface area contributed by atoms with E-state index >= 15 is 0 Å². The SMILES string of the molecule is CC(C)(C(=O)OCc1ccccc1)c1cncc(N=S(C)(C)=O)n1. The van der Waals surface area contributed by atoms with E-state index in [4.69, 9.17) is 4.74 Å². The zero-order valence-electron chi connectivity index (χ0n) is 14.2. The van der Waals surface area contributed by atoms with Crippen molar-refractivity contribution in [3.8, 4) is 0 Å². The Morgan fingerprint density at radius 1 is 1.21 bits per heavy atom. The van der Waals surface area contributed by atoms with Crippen LogP contribution in [0.2, 0.25) is 0 Å². The Morgan fingerprint density at radius 2 is 1.88 bits per heavy atom. The summed E-state index contributed by atoms with van der Waals surface area (Å²) < 4.78 is 21.2. The van der Waals surface area contributed by atoms with Gasteiger partial charge in [-0.1, -0.05) is 30.3 Å². The van der Waals surface area contributed by atoms with Crippen LogP contribution in [0, 0.1) is 0 Å². The molecule has 1 aromatic carbocycles. The fraction of sp³-hybridized carbons (Fsp3) is 0.353. The minimum atomic E-state index is -2.35. The van der Waals surface area contributed by atoms with Gasteiger partial charge in [-0.25, -0.2) is 9.19 Å². The number of nitrogens with zero attached hydrogens (tertiary/aromatic N) is 3. The number of carbonyl (C=O) groups excluding carboxylic acids is 1. The van der Waals surface area contributed by atoms with Gasteiger partial charge in [0.15, 0.2) is 5.82 Å². The highest BCUT2D eigenvalue weighted by atomic mass is 32.2. The number of hydrogen-bond donors (Lipinski definition) is 0. The van der Waals surface area contributed by atoms with E-state index in [1.807, 2.05) is 30.3 Å². The average Bonchev–Trinajstić information content (AvgIpc) is 2.52. The topological polar surface area (TPSA) is 81.5 Å². The predicted molar refractivity (Wildman–Crippen MR) is 93.4 cm³/mol. The summed E-state index contributed by atoms with van der Waals surface area (Å²) in [5, 5.41) is 0. The van der Waals surface area contributed by atoms with E-state index in [0.717, 1.165) is 5.56 Å². The van der Waals surface area contributed by atoms with E-state index < -0.39 is 21.1 Å². The summed E-state index contributed by atoms with van der Waals surface area (Å²) in [6, 6.07) is 9.45. The maximum atomic E-state index is 12.5. The number of ether oxygens (including phenoxy) is 1. The average molecular weight is 347 g/mol. The molecule has 0 aliphatic carbocycles. The molecule has 0 unspecified atom stereocenters. The first-order valence-corrected chi connectivity index (χ1v) is 9.72. The number of benzene rings is 1. The van der Waals surface area contributed by atoms with Crippen molar-refractivity contribution in [1.82, 2.24) is 9.97 Å². The molecule has 2 aromatic rings. The molecule has 0 saturated carbocycles. The highest BCUT2D eigenvalue weighted by Crippen LogP contribution is 2.25. The van der Waals surface area contributed by atoms with Gasteiger partial charge in [-0.15, -0.1) is 0 Å². The van der Waals surface area contributed by atoms with Crippen LogP contribution in [0.1, 0.15) is 25.1 Å². The van der Waals surface area contributed by atoms with Gasteiger partial charge in [0.05, 0.1) is 11.9 Å². The fourth-order valence-electron chi connectivity index (χ4n) is 1.93. The molecule has 0 saturated heterocycles. The normalized spacial score (nSPS) is 11.8. The van der Waals surface area contributed by atoms with Gasteiger partial charge in [0, 0.05) is 28.4 Å². The maximum Gasteiger partial charge on any atom is 0.317 e. The van der Waals surface area contributed by atoms with E-state index in [2.05, 4.69) is 14.3 Å². The molecule has 0 radical (unpaired) electrons. The third-order valence-electron chi connectivity index (χ3n) is 3.30. The molecule has 24 heavy (non-hydrogen) atoms. The molecule has 0 aliphatic rings. The summed E-state index contributed by atoms with van der Waals surface area (Å²) in [4.78, 5) is 20.8. The molecule has 7 heteroatoms. The standard InChI is InChI=1S/C17H21N3O3S/c1-17(2,16(21)23-12-13-8-6-5-7-9-13)14-10-18-11-15(19-14)20-24(3,4)22/h5-11H,12H2,1-4H3. The third-order valence-corrected chi connectivity index (χ3v) is 3.93. The molecule has 1 aromatic heterocycles. The van der Waals surface area contributed by atoms with E-state index in [-0.39, 0.29) is 12.4 Å². The minimum Gasteiger partial charge on any atom is -0.460 e. The van der Waals surface area contributed by atoms with Crippen molar-refractivity contribution >= 4 is 21.5 Å². The smallest absolute Gasteiger partial charge is 0.317 e. The molecule has 0 atom stereocenters. The maximum absolute atomic E-state index is 12.5. The lowest BCUT2D eigenvalue weighted by atomic mass is 9.90. The number of rotatable bonds is 5. The lowest BCUT2D eigenvalue weighted by Gasteiger charge is -2.21. The van der Waals surface area contributed by atoms with Crippen molar-refractivity contribution in [2.75, 3.05) is 12.5 Å². The predicted octanol–water partition coefficient (Wildman–Crippen LogP) is 2.86.